The highest BCUT2D eigenvalue weighted by Crippen LogP contribution is 2.35. The zero-order valence-electron chi connectivity index (χ0n) is 19.4. The zero-order chi connectivity index (χ0) is 23.2. The van der Waals surface area contributed by atoms with E-state index in [4.69, 9.17) is 5.73 Å². The Morgan fingerprint density at radius 1 is 1.13 bits per heavy atom. The van der Waals surface area contributed by atoms with E-state index in [0.29, 0.717) is 11.3 Å². The number of rotatable bonds is 9. The Morgan fingerprint density at radius 2 is 1.84 bits per heavy atom. The average molecular weight is 425 g/mol. The lowest BCUT2D eigenvalue weighted by molar-refractivity contribution is -0.116. The molecule has 0 aliphatic carbocycles. The molecule has 0 radical (unpaired) electrons. The van der Waals surface area contributed by atoms with E-state index in [2.05, 4.69) is 33.0 Å². The molecule has 2 aromatic rings. The standard InChI is InChI=1S/C26H36N2O3/c1-6-7-8-11-18(20-12-9-10-17(2)24(20)30)16-23(29)28-22-15-19(25(27)31)13-14-21(22)26(3,4)5/h9-10,12-15,18,30H,6-8,11,16H2,1-5H3,(H2,27,31)(H,28,29). The maximum Gasteiger partial charge on any atom is 0.248 e. The molecule has 4 N–H and O–H groups in total. The molecule has 0 aliphatic rings. The van der Waals surface area contributed by atoms with Gasteiger partial charge >= 0.3 is 0 Å². The predicted octanol–water partition coefficient (Wildman–Crippen LogP) is 5.79. The van der Waals surface area contributed by atoms with Crippen molar-refractivity contribution in [3.05, 3.63) is 58.7 Å². The van der Waals surface area contributed by atoms with E-state index in [0.717, 1.165) is 42.4 Å². The van der Waals surface area contributed by atoms with Crippen molar-refractivity contribution in [3.8, 4) is 5.75 Å². The number of unbranched alkanes of at least 4 members (excludes halogenated alkanes) is 2. The number of nitrogens with one attached hydrogen (secondary N) is 1. The minimum Gasteiger partial charge on any atom is -0.507 e. The summed E-state index contributed by atoms with van der Waals surface area (Å²) in [4.78, 5) is 24.7. The second-order valence-corrected chi connectivity index (χ2v) is 9.33. The third-order valence-electron chi connectivity index (χ3n) is 5.68. The number of phenolic OH excluding ortho intramolecular Hbond substituents is 1. The fraction of sp³-hybridized carbons (Fsp3) is 0.462. The molecular formula is C26H36N2O3. The summed E-state index contributed by atoms with van der Waals surface area (Å²) in [5, 5.41) is 13.6. The second-order valence-electron chi connectivity index (χ2n) is 9.33. The lowest BCUT2D eigenvalue weighted by Crippen LogP contribution is -2.21. The molecule has 2 amide bonds. The molecular weight excluding hydrogens is 388 g/mol. The molecule has 1 unspecified atom stereocenters. The Kier molecular flexibility index (Phi) is 8.26. The first kappa shape index (κ1) is 24.4. The zero-order valence-corrected chi connectivity index (χ0v) is 19.4. The Balaban J connectivity index is 2.31. The van der Waals surface area contributed by atoms with Crippen molar-refractivity contribution >= 4 is 17.5 Å². The van der Waals surface area contributed by atoms with Crippen LogP contribution in [-0.2, 0) is 10.2 Å². The van der Waals surface area contributed by atoms with Crippen LogP contribution in [0.1, 0.15) is 92.8 Å². The van der Waals surface area contributed by atoms with Crippen LogP contribution >= 0.6 is 0 Å². The Morgan fingerprint density at radius 3 is 2.45 bits per heavy atom. The number of phenols is 1. The second kappa shape index (κ2) is 10.5. The molecule has 168 valence electrons. The molecule has 0 bridgehead atoms. The number of primary amides is 1. The van der Waals surface area contributed by atoms with Gasteiger partial charge in [0.1, 0.15) is 5.75 Å². The smallest absolute Gasteiger partial charge is 0.248 e. The molecule has 0 saturated carbocycles. The van der Waals surface area contributed by atoms with Gasteiger partial charge in [0.05, 0.1) is 0 Å². The molecule has 2 rings (SSSR count). The van der Waals surface area contributed by atoms with Gasteiger partial charge in [-0.15, -0.1) is 0 Å². The van der Waals surface area contributed by atoms with Gasteiger partial charge in [0, 0.05) is 17.7 Å². The molecule has 31 heavy (non-hydrogen) atoms. The summed E-state index contributed by atoms with van der Waals surface area (Å²) in [5.41, 5.74) is 8.76. The Labute approximate surface area is 186 Å². The van der Waals surface area contributed by atoms with Crippen molar-refractivity contribution in [1.82, 2.24) is 0 Å². The third kappa shape index (κ3) is 6.58. The van der Waals surface area contributed by atoms with Crippen LogP contribution in [-0.4, -0.2) is 16.9 Å². The number of carbonyl (C=O) groups is 2. The van der Waals surface area contributed by atoms with Crippen molar-refractivity contribution in [1.29, 1.82) is 0 Å². The van der Waals surface area contributed by atoms with E-state index >= 15 is 0 Å². The average Bonchev–Trinajstić information content (AvgIpc) is 2.68. The van der Waals surface area contributed by atoms with Gasteiger partial charge in [0.2, 0.25) is 11.8 Å². The quantitative estimate of drug-likeness (QED) is 0.445. The van der Waals surface area contributed by atoms with Gasteiger partial charge < -0.3 is 16.2 Å². The molecule has 0 aliphatic heterocycles. The number of anilines is 1. The summed E-state index contributed by atoms with van der Waals surface area (Å²) < 4.78 is 0. The number of hydrogen-bond donors (Lipinski definition) is 3. The molecule has 0 heterocycles. The molecule has 1 atom stereocenters. The van der Waals surface area contributed by atoms with Gasteiger partial charge in [-0.2, -0.15) is 0 Å². The largest absolute Gasteiger partial charge is 0.507 e. The van der Waals surface area contributed by atoms with Gasteiger partial charge in [-0.25, -0.2) is 0 Å². The number of aryl methyl sites for hydroxylation is 1. The van der Waals surface area contributed by atoms with Gasteiger partial charge in [-0.1, -0.05) is 71.2 Å². The van der Waals surface area contributed by atoms with Crippen LogP contribution in [0, 0.1) is 6.92 Å². The number of para-hydroxylation sites is 1. The van der Waals surface area contributed by atoms with Crippen LogP contribution < -0.4 is 11.1 Å². The molecule has 5 heteroatoms. The molecule has 0 fully saturated rings. The van der Waals surface area contributed by atoms with E-state index in [1.54, 1.807) is 12.1 Å². The maximum atomic E-state index is 13.1. The number of benzene rings is 2. The number of carbonyl (C=O) groups excluding carboxylic acids is 2. The summed E-state index contributed by atoms with van der Waals surface area (Å²) in [5.74, 6) is -0.487. The fourth-order valence-electron chi connectivity index (χ4n) is 3.90. The number of amides is 2. The van der Waals surface area contributed by atoms with Gasteiger partial charge in [-0.3, -0.25) is 9.59 Å². The molecule has 0 aromatic heterocycles. The first-order valence-electron chi connectivity index (χ1n) is 11.1. The number of aromatic hydroxyl groups is 1. The van der Waals surface area contributed by atoms with Crippen molar-refractivity contribution < 1.29 is 14.7 Å². The maximum absolute atomic E-state index is 13.1. The van der Waals surface area contributed by atoms with E-state index < -0.39 is 5.91 Å². The minimum absolute atomic E-state index is 0.0798. The van der Waals surface area contributed by atoms with Gasteiger partial charge in [0.15, 0.2) is 0 Å². The number of hydrogen-bond acceptors (Lipinski definition) is 3. The summed E-state index contributed by atoms with van der Waals surface area (Å²) in [6.45, 7) is 10.2. The predicted molar refractivity (Wildman–Crippen MR) is 127 cm³/mol. The van der Waals surface area contributed by atoms with Crippen LogP contribution in [0.25, 0.3) is 0 Å². The highest BCUT2D eigenvalue weighted by Gasteiger charge is 2.23. The number of nitrogens with two attached hydrogens (primary N) is 1. The van der Waals surface area contributed by atoms with Crippen LogP contribution in [0.15, 0.2) is 36.4 Å². The summed E-state index contributed by atoms with van der Waals surface area (Å²) in [6.07, 6.45) is 4.25. The molecule has 5 nitrogen and oxygen atoms in total. The van der Waals surface area contributed by atoms with E-state index in [1.165, 1.54) is 0 Å². The van der Waals surface area contributed by atoms with Crippen molar-refractivity contribution in [2.45, 2.75) is 78.1 Å². The fourth-order valence-corrected chi connectivity index (χ4v) is 3.90. The SMILES string of the molecule is CCCCCC(CC(=O)Nc1cc(C(N)=O)ccc1C(C)(C)C)c1cccc(C)c1O. The summed E-state index contributed by atoms with van der Waals surface area (Å²) in [7, 11) is 0. The van der Waals surface area contributed by atoms with E-state index in [1.807, 2.05) is 31.2 Å². The van der Waals surface area contributed by atoms with Gasteiger partial charge in [-0.05, 0) is 53.5 Å². The van der Waals surface area contributed by atoms with E-state index in [-0.39, 0.29) is 29.4 Å². The van der Waals surface area contributed by atoms with Crippen LogP contribution in [0.3, 0.4) is 0 Å². The van der Waals surface area contributed by atoms with E-state index in [9.17, 15) is 14.7 Å². The molecule has 2 aromatic carbocycles. The monoisotopic (exact) mass is 424 g/mol. The summed E-state index contributed by atoms with van der Waals surface area (Å²) >= 11 is 0. The highest BCUT2D eigenvalue weighted by molar-refractivity contribution is 5.97. The normalized spacial score (nSPS) is 12.4. The Bertz CT molecular complexity index is 929. The van der Waals surface area contributed by atoms with Crippen LogP contribution in [0.2, 0.25) is 0 Å². The molecule has 0 saturated heterocycles. The van der Waals surface area contributed by atoms with Crippen molar-refractivity contribution in [3.63, 3.8) is 0 Å². The topological polar surface area (TPSA) is 92.4 Å². The highest BCUT2D eigenvalue weighted by atomic mass is 16.3. The van der Waals surface area contributed by atoms with Crippen molar-refractivity contribution in [2.24, 2.45) is 5.73 Å². The van der Waals surface area contributed by atoms with Crippen LogP contribution in [0.4, 0.5) is 5.69 Å². The first-order valence-corrected chi connectivity index (χ1v) is 11.1. The summed E-state index contributed by atoms with van der Waals surface area (Å²) in [6, 6.07) is 10.9. The lowest BCUT2D eigenvalue weighted by atomic mass is 9.84. The third-order valence-corrected chi connectivity index (χ3v) is 5.68. The van der Waals surface area contributed by atoms with Crippen molar-refractivity contribution in [2.75, 3.05) is 5.32 Å². The Hall–Kier alpha value is -2.82. The molecule has 0 spiro atoms. The van der Waals surface area contributed by atoms with Crippen LogP contribution in [0.5, 0.6) is 5.75 Å². The lowest BCUT2D eigenvalue weighted by Gasteiger charge is -2.24. The van der Waals surface area contributed by atoms with Gasteiger partial charge in [0.25, 0.3) is 0 Å². The first-order chi connectivity index (χ1) is 14.5. The minimum atomic E-state index is -0.530.